The molecular weight excluding hydrogens is 521 g/mol. The van der Waals surface area contributed by atoms with E-state index in [1.165, 1.54) is 18.3 Å². The Morgan fingerprint density at radius 3 is 2.56 bits per heavy atom. The first-order valence-electron chi connectivity index (χ1n) is 13.6. The molecule has 2 amide bonds. The average molecular weight is 552 g/mol. The van der Waals surface area contributed by atoms with Crippen LogP contribution in [0.25, 0.3) is 27.9 Å². The maximum absolute atomic E-state index is 15.3. The molecule has 1 atom stereocenters. The number of amides is 2. The lowest BCUT2D eigenvalue weighted by Gasteiger charge is -2.39. The SMILES string of the molecule is CC(C)(C)[C@H](NC(=O)c1ccc(-c2cnc3ncc(Cc4ccc5ncccc5c4)n3n2)cc1F)C(=O)N1CCC1. The quantitative estimate of drug-likeness (QED) is 0.334. The second-order valence-corrected chi connectivity index (χ2v) is 11.5. The van der Waals surface area contributed by atoms with Crippen LogP contribution in [0.5, 0.6) is 0 Å². The third-order valence-corrected chi connectivity index (χ3v) is 7.42. The maximum Gasteiger partial charge on any atom is 0.254 e. The molecule has 1 aliphatic heterocycles. The van der Waals surface area contributed by atoms with E-state index in [0.717, 1.165) is 28.6 Å². The standard InChI is InChI=1S/C31H30FN7O2/c1-31(2,3)27(29(41)38-12-5-13-38)36-28(40)23-9-8-21(16-24(23)32)26-18-35-30-34-17-22(39(30)37-26)15-19-7-10-25-20(14-19)6-4-11-33-25/h4,6-11,14,16-18,27H,5,12-13,15H2,1-3H3,(H,36,40)/t27-/m1/s1. The molecule has 208 valence electrons. The fourth-order valence-electron chi connectivity index (χ4n) is 4.95. The highest BCUT2D eigenvalue weighted by Gasteiger charge is 2.37. The normalized spacial score (nSPS) is 14.2. The van der Waals surface area contributed by atoms with Crippen molar-refractivity contribution in [2.75, 3.05) is 13.1 Å². The van der Waals surface area contributed by atoms with E-state index in [2.05, 4.69) is 31.4 Å². The van der Waals surface area contributed by atoms with Gasteiger partial charge in [0.15, 0.2) is 0 Å². The molecule has 0 radical (unpaired) electrons. The van der Waals surface area contributed by atoms with Crippen LogP contribution in [-0.2, 0) is 11.2 Å². The molecule has 0 unspecified atom stereocenters. The van der Waals surface area contributed by atoms with Crippen molar-refractivity contribution in [3.8, 4) is 11.3 Å². The minimum Gasteiger partial charge on any atom is -0.341 e. The molecule has 4 heterocycles. The zero-order valence-corrected chi connectivity index (χ0v) is 23.1. The number of hydrogen-bond donors (Lipinski definition) is 1. The second kappa shape index (κ2) is 10.3. The summed E-state index contributed by atoms with van der Waals surface area (Å²) in [6.45, 7) is 6.99. The van der Waals surface area contributed by atoms with Crippen molar-refractivity contribution < 1.29 is 14.0 Å². The largest absolute Gasteiger partial charge is 0.341 e. The van der Waals surface area contributed by atoms with Crippen molar-refractivity contribution in [1.82, 2.24) is 34.8 Å². The highest BCUT2D eigenvalue weighted by atomic mass is 19.1. The van der Waals surface area contributed by atoms with Crippen LogP contribution in [-0.4, -0.2) is 60.4 Å². The van der Waals surface area contributed by atoms with E-state index >= 15 is 4.39 Å². The summed E-state index contributed by atoms with van der Waals surface area (Å²) in [6.07, 6.45) is 6.55. The van der Waals surface area contributed by atoms with Gasteiger partial charge < -0.3 is 10.2 Å². The van der Waals surface area contributed by atoms with Crippen LogP contribution in [0.1, 0.15) is 48.8 Å². The van der Waals surface area contributed by atoms with Crippen LogP contribution in [0.15, 0.2) is 67.1 Å². The van der Waals surface area contributed by atoms with E-state index < -0.39 is 23.2 Å². The third kappa shape index (κ3) is 5.25. The van der Waals surface area contributed by atoms with Gasteiger partial charge in [-0.2, -0.15) is 5.10 Å². The van der Waals surface area contributed by atoms with Gasteiger partial charge in [0.1, 0.15) is 17.6 Å². The Bertz CT molecular complexity index is 1790. The highest BCUT2D eigenvalue weighted by molar-refractivity contribution is 5.98. The van der Waals surface area contributed by atoms with Crippen molar-refractivity contribution in [2.24, 2.45) is 5.41 Å². The predicted molar refractivity (Wildman–Crippen MR) is 153 cm³/mol. The van der Waals surface area contributed by atoms with E-state index in [9.17, 15) is 9.59 Å². The molecule has 1 aliphatic rings. The fraction of sp³-hybridized carbons (Fsp3) is 0.290. The second-order valence-electron chi connectivity index (χ2n) is 11.5. The van der Waals surface area contributed by atoms with Gasteiger partial charge in [0.2, 0.25) is 5.91 Å². The van der Waals surface area contributed by atoms with Gasteiger partial charge in [-0.15, -0.1) is 0 Å². The van der Waals surface area contributed by atoms with Crippen molar-refractivity contribution in [2.45, 2.75) is 39.7 Å². The Hall–Kier alpha value is -4.73. The first kappa shape index (κ1) is 26.5. The molecule has 41 heavy (non-hydrogen) atoms. The summed E-state index contributed by atoms with van der Waals surface area (Å²) in [7, 11) is 0. The monoisotopic (exact) mass is 551 g/mol. The minimum absolute atomic E-state index is 0.137. The Labute approximate surface area is 236 Å². The molecule has 2 aromatic carbocycles. The molecule has 0 saturated carbocycles. The Morgan fingerprint density at radius 1 is 1.02 bits per heavy atom. The topological polar surface area (TPSA) is 105 Å². The third-order valence-electron chi connectivity index (χ3n) is 7.42. The number of fused-ring (bicyclic) bond motifs is 2. The maximum atomic E-state index is 15.3. The highest BCUT2D eigenvalue weighted by Crippen LogP contribution is 2.25. The molecule has 9 nitrogen and oxygen atoms in total. The zero-order chi connectivity index (χ0) is 28.7. The van der Waals surface area contributed by atoms with Gasteiger partial charge in [-0.1, -0.05) is 39.0 Å². The number of halogens is 1. The number of nitrogens with zero attached hydrogens (tertiary/aromatic N) is 6. The van der Waals surface area contributed by atoms with E-state index in [1.807, 2.05) is 45.0 Å². The number of aromatic nitrogens is 5. The summed E-state index contributed by atoms with van der Waals surface area (Å²) >= 11 is 0. The first-order valence-corrected chi connectivity index (χ1v) is 13.6. The predicted octanol–water partition coefficient (Wildman–Crippen LogP) is 4.45. The number of carbonyl (C=O) groups excluding carboxylic acids is 2. The van der Waals surface area contributed by atoms with Crippen LogP contribution < -0.4 is 5.32 Å². The molecule has 0 aliphatic carbocycles. The van der Waals surface area contributed by atoms with Gasteiger partial charge in [0.25, 0.3) is 11.7 Å². The number of likely N-dealkylation sites (tertiary alicyclic amines) is 1. The molecule has 5 aromatic rings. The molecular formula is C31H30FN7O2. The molecule has 0 bridgehead atoms. The molecule has 10 heteroatoms. The summed E-state index contributed by atoms with van der Waals surface area (Å²) in [6, 6.07) is 13.6. The number of benzene rings is 2. The van der Waals surface area contributed by atoms with Crippen LogP contribution >= 0.6 is 0 Å². The Balaban J connectivity index is 1.24. The molecule has 1 N–H and O–H groups in total. The summed E-state index contributed by atoms with van der Waals surface area (Å²) < 4.78 is 16.9. The van der Waals surface area contributed by atoms with Crippen molar-refractivity contribution in [3.63, 3.8) is 0 Å². The van der Waals surface area contributed by atoms with Gasteiger partial charge in [-0.3, -0.25) is 14.6 Å². The fourth-order valence-corrected chi connectivity index (χ4v) is 4.95. The minimum atomic E-state index is -0.763. The van der Waals surface area contributed by atoms with E-state index in [-0.39, 0.29) is 11.5 Å². The van der Waals surface area contributed by atoms with Gasteiger partial charge >= 0.3 is 0 Å². The molecule has 1 fully saturated rings. The number of imidazole rings is 1. The smallest absolute Gasteiger partial charge is 0.254 e. The number of hydrogen-bond acceptors (Lipinski definition) is 6. The lowest BCUT2D eigenvalue weighted by Crippen LogP contribution is -2.57. The van der Waals surface area contributed by atoms with E-state index in [0.29, 0.717) is 36.5 Å². The van der Waals surface area contributed by atoms with Gasteiger partial charge in [-0.05, 0) is 47.7 Å². The average Bonchev–Trinajstić information content (AvgIpc) is 3.31. The van der Waals surface area contributed by atoms with E-state index in [1.54, 1.807) is 27.9 Å². The van der Waals surface area contributed by atoms with Crippen LogP contribution in [0.4, 0.5) is 4.39 Å². The summed E-state index contributed by atoms with van der Waals surface area (Å²) in [4.78, 5) is 40.9. The number of nitrogens with one attached hydrogen (secondary N) is 1. The first-order chi connectivity index (χ1) is 19.7. The van der Waals surface area contributed by atoms with Crippen molar-refractivity contribution in [3.05, 3.63) is 89.8 Å². The number of carbonyl (C=O) groups is 2. The zero-order valence-electron chi connectivity index (χ0n) is 23.1. The van der Waals surface area contributed by atoms with E-state index in [4.69, 9.17) is 0 Å². The van der Waals surface area contributed by atoms with Crippen LogP contribution in [0.2, 0.25) is 0 Å². The molecule has 1 saturated heterocycles. The molecule has 6 rings (SSSR count). The summed E-state index contributed by atoms with van der Waals surface area (Å²) in [5.74, 6) is -1.05. The van der Waals surface area contributed by atoms with Gasteiger partial charge in [-0.25, -0.2) is 18.9 Å². The van der Waals surface area contributed by atoms with Crippen molar-refractivity contribution in [1.29, 1.82) is 0 Å². The van der Waals surface area contributed by atoms with Gasteiger partial charge in [0, 0.05) is 36.7 Å². The van der Waals surface area contributed by atoms with Crippen LogP contribution in [0.3, 0.4) is 0 Å². The Kier molecular flexibility index (Phi) is 6.69. The molecule has 3 aromatic heterocycles. The number of rotatable bonds is 6. The molecule has 0 spiro atoms. The van der Waals surface area contributed by atoms with Crippen LogP contribution in [0, 0.1) is 11.2 Å². The lowest BCUT2D eigenvalue weighted by molar-refractivity contribution is -0.139. The Morgan fingerprint density at radius 2 is 1.83 bits per heavy atom. The van der Waals surface area contributed by atoms with Gasteiger partial charge in [0.05, 0.1) is 29.2 Å². The number of pyridine rings is 1. The summed E-state index contributed by atoms with van der Waals surface area (Å²) in [5.41, 5.74) is 3.06. The lowest BCUT2D eigenvalue weighted by atomic mass is 9.85. The summed E-state index contributed by atoms with van der Waals surface area (Å²) in [5, 5.41) is 8.50. The van der Waals surface area contributed by atoms with Crippen molar-refractivity contribution >= 4 is 28.5 Å².